The maximum Gasteiger partial charge on any atom is 0.0223 e. The van der Waals surface area contributed by atoms with E-state index in [0.29, 0.717) is 5.41 Å². The quantitative estimate of drug-likeness (QED) is 0.761. The van der Waals surface area contributed by atoms with Crippen molar-refractivity contribution in [2.75, 3.05) is 32.7 Å². The Hall–Kier alpha value is -0.0800. The third-order valence-electron chi connectivity index (χ3n) is 5.33. The highest BCUT2D eigenvalue weighted by molar-refractivity contribution is 4.86. The van der Waals surface area contributed by atoms with Crippen molar-refractivity contribution in [3.05, 3.63) is 0 Å². The molecule has 2 heteroatoms. The molecule has 0 aliphatic carbocycles. The van der Waals surface area contributed by atoms with E-state index in [-0.39, 0.29) is 0 Å². The van der Waals surface area contributed by atoms with E-state index in [1.165, 1.54) is 58.4 Å². The SMILES string of the molecule is CC(C)C(C)(C)CN1CCCN2CCCCC2C1. The Morgan fingerprint density at radius 1 is 1.06 bits per heavy atom. The molecule has 0 amide bonds. The molecule has 0 saturated carbocycles. The van der Waals surface area contributed by atoms with Crippen LogP contribution in [0.15, 0.2) is 0 Å². The number of nitrogens with zero attached hydrogens (tertiary/aromatic N) is 2. The van der Waals surface area contributed by atoms with Crippen LogP contribution in [0, 0.1) is 11.3 Å². The third-order valence-corrected chi connectivity index (χ3v) is 5.33. The lowest BCUT2D eigenvalue weighted by atomic mass is 9.80. The molecule has 0 aromatic heterocycles. The lowest BCUT2D eigenvalue weighted by Gasteiger charge is -2.39. The van der Waals surface area contributed by atoms with Gasteiger partial charge in [-0.05, 0) is 50.2 Å². The second kappa shape index (κ2) is 5.92. The van der Waals surface area contributed by atoms with Gasteiger partial charge < -0.3 is 4.90 Å². The van der Waals surface area contributed by atoms with Gasteiger partial charge in [-0.1, -0.05) is 34.1 Å². The van der Waals surface area contributed by atoms with E-state index >= 15 is 0 Å². The first kappa shape index (κ1) is 14.3. The Morgan fingerprint density at radius 3 is 2.50 bits per heavy atom. The predicted octanol–water partition coefficient (Wildman–Crippen LogP) is 3.23. The first-order valence-corrected chi connectivity index (χ1v) is 7.95. The number of piperidine rings is 1. The number of hydrogen-bond acceptors (Lipinski definition) is 2. The fourth-order valence-electron chi connectivity index (χ4n) is 3.35. The largest absolute Gasteiger partial charge is 0.301 e. The molecule has 18 heavy (non-hydrogen) atoms. The van der Waals surface area contributed by atoms with Gasteiger partial charge in [-0.2, -0.15) is 0 Å². The summed E-state index contributed by atoms with van der Waals surface area (Å²) in [6.07, 6.45) is 5.67. The topological polar surface area (TPSA) is 6.48 Å². The first-order valence-electron chi connectivity index (χ1n) is 7.95. The van der Waals surface area contributed by atoms with Gasteiger partial charge in [-0.15, -0.1) is 0 Å². The van der Waals surface area contributed by atoms with Crippen LogP contribution in [0.1, 0.15) is 53.4 Å². The van der Waals surface area contributed by atoms with Crippen LogP contribution in [0.3, 0.4) is 0 Å². The van der Waals surface area contributed by atoms with Crippen molar-refractivity contribution in [2.45, 2.75) is 59.4 Å². The molecule has 0 aromatic carbocycles. The van der Waals surface area contributed by atoms with Crippen LogP contribution in [-0.2, 0) is 0 Å². The van der Waals surface area contributed by atoms with Gasteiger partial charge >= 0.3 is 0 Å². The normalized spacial score (nSPS) is 28.2. The van der Waals surface area contributed by atoms with Gasteiger partial charge in [0, 0.05) is 19.1 Å². The molecule has 2 heterocycles. The Kier molecular flexibility index (Phi) is 4.71. The molecular weight excluding hydrogens is 220 g/mol. The van der Waals surface area contributed by atoms with Crippen molar-refractivity contribution >= 4 is 0 Å². The molecule has 2 rings (SSSR count). The van der Waals surface area contributed by atoms with Gasteiger partial charge in [-0.25, -0.2) is 0 Å². The average molecular weight is 252 g/mol. The molecule has 0 spiro atoms. The minimum Gasteiger partial charge on any atom is -0.301 e. The summed E-state index contributed by atoms with van der Waals surface area (Å²) >= 11 is 0. The van der Waals surface area contributed by atoms with E-state index in [0.717, 1.165) is 12.0 Å². The molecule has 1 atom stereocenters. The average Bonchev–Trinajstić information content (AvgIpc) is 2.49. The summed E-state index contributed by atoms with van der Waals surface area (Å²) in [5.41, 5.74) is 0.448. The second-order valence-corrected chi connectivity index (χ2v) is 7.42. The Morgan fingerprint density at radius 2 is 1.78 bits per heavy atom. The number of hydrogen-bond donors (Lipinski definition) is 0. The van der Waals surface area contributed by atoms with Crippen molar-refractivity contribution in [3.63, 3.8) is 0 Å². The first-order chi connectivity index (χ1) is 8.49. The molecule has 0 bridgehead atoms. The van der Waals surface area contributed by atoms with E-state index < -0.39 is 0 Å². The highest BCUT2D eigenvalue weighted by Crippen LogP contribution is 2.29. The van der Waals surface area contributed by atoms with Crippen LogP contribution in [-0.4, -0.2) is 48.6 Å². The van der Waals surface area contributed by atoms with E-state index in [2.05, 4.69) is 37.5 Å². The smallest absolute Gasteiger partial charge is 0.0223 e. The fourth-order valence-corrected chi connectivity index (χ4v) is 3.35. The standard InChI is InChI=1S/C16H32N2/c1-14(2)16(3,4)13-17-9-7-11-18-10-6-5-8-15(18)12-17/h14-15H,5-13H2,1-4H3. The molecule has 2 aliphatic heterocycles. The van der Waals surface area contributed by atoms with Gasteiger partial charge in [0.1, 0.15) is 0 Å². The van der Waals surface area contributed by atoms with Crippen LogP contribution in [0.2, 0.25) is 0 Å². The van der Waals surface area contributed by atoms with Gasteiger partial charge in [0.25, 0.3) is 0 Å². The lowest BCUT2D eigenvalue weighted by molar-refractivity contribution is 0.102. The third kappa shape index (κ3) is 3.48. The van der Waals surface area contributed by atoms with Crippen molar-refractivity contribution < 1.29 is 0 Å². The van der Waals surface area contributed by atoms with Crippen LogP contribution < -0.4 is 0 Å². The van der Waals surface area contributed by atoms with Crippen molar-refractivity contribution in [1.29, 1.82) is 0 Å². The fraction of sp³-hybridized carbons (Fsp3) is 1.00. The molecule has 2 fully saturated rings. The number of rotatable bonds is 3. The van der Waals surface area contributed by atoms with Crippen molar-refractivity contribution in [2.24, 2.45) is 11.3 Å². The zero-order valence-electron chi connectivity index (χ0n) is 12.9. The van der Waals surface area contributed by atoms with Gasteiger partial charge in [0.05, 0.1) is 0 Å². The molecule has 1 unspecified atom stereocenters. The van der Waals surface area contributed by atoms with Crippen molar-refractivity contribution in [1.82, 2.24) is 9.80 Å². The maximum absolute atomic E-state index is 2.76. The summed E-state index contributed by atoms with van der Waals surface area (Å²) in [4.78, 5) is 5.50. The van der Waals surface area contributed by atoms with Crippen LogP contribution in [0.5, 0.6) is 0 Å². The molecule has 2 saturated heterocycles. The minimum atomic E-state index is 0.448. The zero-order chi connectivity index (χ0) is 13.2. The lowest BCUT2D eigenvalue weighted by Crippen LogP contribution is -2.46. The molecule has 0 N–H and O–H groups in total. The van der Waals surface area contributed by atoms with Crippen LogP contribution in [0.4, 0.5) is 0 Å². The monoisotopic (exact) mass is 252 g/mol. The molecule has 2 aliphatic rings. The highest BCUT2D eigenvalue weighted by atomic mass is 15.2. The van der Waals surface area contributed by atoms with E-state index in [1.54, 1.807) is 0 Å². The summed E-state index contributed by atoms with van der Waals surface area (Å²) in [7, 11) is 0. The molecule has 106 valence electrons. The summed E-state index contributed by atoms with van der Waals surface area (Å²) in [6.45, 7) is 16.2. The Balaban J connectivity index is 1.93. The van der Waals surface area contributed by atoms with E-state index in [1.807, 2.05) is 0 Å². The predicted molar refractivity (Wildman–Crippen MR) is 78.9 cm³/mol. The van der Waals surface area contributed by atoms with E-state index in [9.17, 15) is 0 Å². The minimum absolute atomic E-state index is 0.448. The Bertz CT molecular complexity index is 260. The van der Waals surface area contributed by atoms with Gasteiger partial charge in [-0.3, -0.25) is 4.90 Å². The summed E-state index contributed by atoms with van der Waals surface area (Å²) < 4.78 is 0. The summed E-state index contributed by atoms with van der Waals surface area (Å²) in [5.74, 6) is 0.767. The zero-order valence-corrected chi connectivity index (χ0v) is 12.9. The van der Waals surface area contributed by atoms with E-state index in [4.69, 9.17) is 0 Å². The molecular formula is C16H32N2. The number of fused-ring (bicyclic) bond motifs is 1. The summed E-state index contributed by atoms with van der Waals surface area (Å²) in [6, 6.07) is 0.851. The second-order valence-electron chi connectivity index (χ2n) is 7.42. The highest BCUT2D eigenvalue weighted by Gasteiger charge is 2.31. The molecule has 2 nitrogen and oxygen atoms in total. The molecule has 0 aromatic rings. The Labute approximate surface area is 114 Å². The van der Waals surface area contributed by atoms with Crippen molar-refractivity contribution in [3.8, 4) is 0 Å². The van der Waals surface area contributed by atoms with Gasteiger partial charge in [0.2, 0.25) is 0 Å². The van der Waals surface area contributed by atoms with Gasteiger partial charge in [0.15, 0.2) is 0 Å². The van der Waals surface area contributed by atoms with Crippen LogP contribution in [0.25, 0.3) is 0 Å². The molecule has 0 radical (unpaired) electrons. The maximum atomic E-state index is 2.76. The summed E-state index contributed by atoms with van der Waals surface area (Å²) in [5, 5.41) is 0. The van der Waals surface area contributed by atoms with Crippen LogP contribution >= 0.6 is 0 Å².